The summed E-state index contributed by atoms with van der Waals surface area (Å²) in [4.78, 5) is 12.5. The zero-order chi connectivity index (χ0) is 22.9. The summed E-state index contributed by atoms with van der Waals surface area (Å²) >= 11 is 1.29. The van der Waals surface area contributed by atoms with Crippen molar-refractivity contribution in [1.82, 2.24) is 14.8 Å². The topological polar surface area (TPSA) is 87.5 Å². The number of para-hydroxylation sites is 1. The summed E-state index contributed by atoms with van der Waals surface area (Å²) in [5.41, 5.74) is 0.617. The average Bonchev–Trinajstić information content (AvgIpc) is 3.21. The van der Waals surface area contributed by atoms with Crippen molar-refractivity contribution >= 4 is 23.4 Å². The molecule has 0 spiro atoms. The molecule has 1 N–H and O–H groups in total. The van der Waals surface area contributed by atoms with Crippen LogP contribution in [0.5, 0.6) is 17.2 Å². The molecule has 0 aliphatic heterocycles. The molecule has 3 rings (SSSR count). The number of carbonyl (C=O) groups excluding carboxylic acids is 1. The Morgan fingerprint density at radius 3 is 2.59 bits per heavy atom. The van der Waals surface area contributed by atoms with E-state index in [4.69, 9.17) is 14.2 Å². The molecule has 0 aliphatic carbocycles. The zero-order valence-corrected chi connectivity index (χ0v) is 19.1. The van der Waals surface area contributed by atoms with Crippen LogP contribution in [0.15, 0.2) is 66.3 Å². The summed E-state index contributed by atoms with van der Waals surface area (Å²) in [7, 11) is 3.11. The third-order valence-corrected chi connectivity index (χ3v) is 5.44. The van der Waals surface area contributed by atoms with E-state index in [1.807, 2.05) is 41.8 Å². The molecular weight excluding hydrogens is 428 g/mol. The van der Waals surface area contributed by atoms with Gasteiger partial charge in [-0.25, -0.2) is 0 Å². The molecule has 1 atom stereocenters. The van der Waals surface area contributed by atoms with Gasteiger partial charge in [-0.3, -0.25) is 9.36 Å². The minimum Gasteiger partial charge on any atom is -0.493 e. The monoisotopic (exact) mass is 454 g/mol. The molecule has 1 unspecified atom stereocenters. The van der Waals surface area contributed by atoms with Gasteiger partial charge in [-0.05, 0) is 31.2 Å². The Morgan fingerprint density at radius 1 is 1.16 bits per heavy atom. The Kier molecular flexibility index (Phi) is 8.15. The molecule has 1 amide bonds. The lowest BCUT2D eigenvalue weighted by Crippen LogP contribution is -2.15. The van der Waals surface area contributed by atoms with Crippen LogP contribution in [0, 0.1) is 0 Å². The predicted octanol–water partition coefficient (Wildman–Crippen LogP) is 4.35. The lowest BCUT2D eigenvalue weighted by atomic mass is 10.2. The number of ether oxygens (including phenoxy) is 3. The molecule has 0 aliphatic rings. The van der Waals surface area contributed by atoms with Gasteiger partial charge in [0.15, 0.2) is 28.6 Å². The number of benzene rings is 2. The third kappa shape index (κ3) is 5.82. The van der Waals surface area contributed by atoms with Crippen molar-refractivity contribution in [3.63, 3.8) is 0 Å². The number of anilines is 1. The van der Waals surface area contributed by atoms with Crippen molar-refractivity contribution in [2.45, 2.75) is 24.7 Å². The number of aromatic nitrogens is 3. The molecule has 0 saturated heterocycles. The first-order valence-electron chi connectivity index (χ1n) is 9.96. The van der Waals surface area contributed by atoms with Gasteiger partial charge in [0.2, 0.25) is 5.91 Å². The molecule has 0 saturated carbocycles. The second-order valence-corrected chi connectivity index (χ2v) is 7.66. The Balaban J connectivity index is 1.65. The first-order valence-corrected chi connectivity index (χ1v) is 10.9. The van der Waals surface area contributed by atoms with Crippen LogP contribution in [0.3, 0.4) is 0 Å². The van der Waals surface area contributed by atoms with Gasteiger partial charge < -0.3 is 19.5 Å². The normalized spacial score (nSPS) is 11.5. The number of thioether (sulfide) groups is 1. The van der Waals surface area contributed by atoms with E-state index in [1.165, 1.54) is 11.8 Å². The highest BCUT2D eigenvalue weighted by atomic mass is 32.2. The predicted molar refractivity (Wildman–Crippen MR) is 125 cm³/mol. The molecule has 168 valence electrons. The first kappa shape index (κ1) is 23.2. The lowest BCUT2D eigenvalue weighted by molar-refractivity contribution is -0.113. The van der Waals surface area contributed by atoms with Gasteiger partial charge in [0.1, 0.15) is 5.75 Å². The standard InChI is InChI=1S/C23H26N4O4S/c1-5-13-27-22(16(2)31-18-9-7-6-8-10-18)25-26-23(27)32-15-21(28)24-17-11-12-19(29-3)20(14-17)30-4/h5-12,14,16H,1,13,15H2,2-4H3,(H,24,28). The minimum atomic E-state index is -0.320. The number of methoxy groups -OCH3 is 2. The smallest absolute Gasteiger partial charge is 0.234 e. The largest absolute Gasteiger partial charge is 0.493 e. The van der Waals surface area contributed by atoms with Crippen LogP contribution in [0.25, 0.3) is 0 Å². The Bertz CT molecular complexity index is 1060. The van der Waals surface area contributed by atoms with Crippen molar-refractivity contribution in [3.05, 3.63) is 67.0 Å². The highest BCUT2D eigenvalue weighted by Crippen LogP contribution is 2.30. The fourth-order valence-electron chi connectivity index (χ4n) is 3.01. The minimum absolute atomic E-state index is 0.164. The van der Waals surface area contributed by atoms with E-state index in [9.17, 15) is 4.79 Å². The van der Waals surface area contributed by atoms with Crippen LogP contribution in [0.2, 0.25) is 0 Å². The third-order valence-electron chi connectivity index (χ3n) is 4.48. The fraction of sp³-hybridized carbons (Fsp3) is 0.261. The van der Waals surface area contributed by atoms with E-state index in [0.717, 1.165) is 5.75 Å². The number of amides is 1. The maximum absolute atomic E-state index is 12.5. The van der Waals surface area contributed by atoms with Gasteiger partial charge in [0, 0.05) is 18.3 Å². The van der Waals surface area contributed by atoms with Crippen LogP contribution in [0.1, 0.15) is 18.9 Å². The van der Waals surface area contributed by atoms with Gasteiger partial charge in [0.25, 0.3) is 0 Å². The van der Waals surface area contributed by atoms with E-state index >= 15 is 0 Å². The van der Waals surface area contributed by atoms with E-state index in [1.54, 1.807) is 38.5 Å². The number of allylic oxidation sites excluding steroid dienone is 1. The average molecular weight is 455 g/mol. The second-order valence-electron chi connectivity index (χ2n) is 6.72. The summed E-state index contributed by atoms with van der Waals surface area (Å²) in [5.74, 6) is 2.54. The van der Waals surface area contributed by atoms with Crippen molar-refractivity contribution in [3.8, 4) is 17.2 Å². The number of carbonyl (C=O) groups is 1. The summed E-state index contributed by atoms with van der Waals surface area (Å²) in [6.07, 6.45) is 1.44. The SMILES string of the molecule is C=CCn1c(SCC(=O)Nc2ccc(OC)c(OC)c2)nnc1C(C)Oc1ccccc1. The van der Waals surface area contributed by atoms with Crippen molar-refractivity contribution in [1.29, 1.82) is 0 Å². The molecule has 8 nitrogen and oxygen atoms in total. The van der Waals surface area contributed by atoms with E-state index in [-0.39, 0.29) is 17.8 Å². The molecule has 2 aromatic carbocycles. The van der Waals surface area contributed by atoms with Gasteiger partial charge in [-0.15, -0.1) is 16.8 Å². The van der Waals surface area contributed by atoms with Crippen LogP contribution >= 0.6 is 11.8 Å². The molecule has 1 aromatic heterocycles. The number of nitrogens with one attached hydrogen (secondary N) is 1. The molecule has 32 heavy (non-hydrogen) atoms. The Morgan fingerprint density at radius 2 is 1.91 bits per heavy atom. The summed E-state index contributed by atoms with van der Waals surface area (Å²) < 4.78 is 18.4. The number of rotatable bonds is 11. The lowest BCUT2D eigenvalue weighted by Gasteiger charge is -2.15. The maximum Gasteiger partial charge on any atom is 0.234 e. The van der Waals surface area contributed by atoms with Gasteiger partial charge in [0.05, 0.1) is 20.0 Å². The van der Waals surface area contributed by atoms with E-state index < -0.39 is 0 Å². The molecule has 3 aromatic rings. The first-order chi connectivity index (χ1) is 15.5. The quantitative estimate of drug-likeness (QED) is 0.340. The Labute approximate surface area is 191 Å². The fourth-order valence-corrected chi connectivity index (χ4v) is 3.76. The molecule has 1 heterocycles. The van der Waals surface area contributed by atoms with Crippen LogP contribution in [0.4, 0.5) is 5.69 Å². The van der Waals surface area contributed by atoms with Crippen LogP contribution in [-0.4, -0.2) is 40.6 Å². The highest BCUT2D eigenvalue weighted by molar-refractivity contribution is 7.99. The summed E-state index contributed by atoms with van der Waals surface area (Å²) in [5, 5.41) is 12.0. The maximum atomic E-state index is 12.5. The number of nitrogens with zero attached hydrogens (tertiary/aromatic N) is 3. The van der Waals surface area contributed by atoms with Gasteiger partial charge in [-0.1, -0.05) is 36.0 Å². The van der Waals surface area contributed by atoms with Gasteiger partial charge >= 0.3 is 0 Å². The highest BCUT2D eigenvalue weighted by Gasteiger charge is 2.20. The summed E-state index contributed by atoms with van der Waals surface area (Å²) in [6.45, 7) is 6.23. The molecule has 0 fully saturated rings. The molecule has 0 bridgehead atoms. The zero-order valence-electron chi connectivity index (χ0n) is 18.3. The van der Waals surface area contributed by atoms with Crippen molar-refractivity contribution < 1.29 is 19.0 Å². The van der Waals surface area contributed by atoms with E-state index in [2.05, 4.69) is 22.1 Å². The van der Waals surface area contributed by atoms with Gasteiger partial charge in [-0.2, -0.15) is 0 Å². The van der Waals surface area contributed by atoms with E-state index in [0.29, 0.717) is 34.7 Å². The number of hydrogen-bond acceptors (Lipinski definition) is 7. The van der Waals surface area contributed by atoms with Crippen LogP contribution < -0.4 is 19.5 Å². The molecular formula is C23H26N4O4S. The number of hydrogen-bond donors (Lipinski definition) is 1. The Hall–Kier alpha value is -3.46. The van der Waals surface area contributed by atoms with Crippen LogP contribution in [-0.2, 0) is 11.3 Å². The molecule has 9 heteroatoms. The summed E-state index contributed by atoms with van der Waals surface area (Å²) in [6, 6.07) is 14.7. The second kappa shape index (κ2) is 11.2. The van der Waals surface area contributed by atoms with Crippen molar-refractivity contribution in [2.24, 2.45) is 0 Å². The molecule has 0 radical (unpaired) electrons. The van der Waals surface area contributed by atoms with Crippen molar-refractivity contribution in [2.75, 3.05) is 25.3 Å².